The van der Waals surface area contributed by atoms with Crippen LogP contribution in [0.25, 0.3) is 0 Å². The van der Waals surface area contributed by atoms with E-state index in [-0.39, 0.29) is 11.9 Å². The lowest BCUT2D eigenvalue weighted by molar-refractivity contribution is -0.141. The number of aromatic nitrogens is 1. The molecule has 0 bridgehead atoms. The average molecular weight is 472 g/mol. The van der Waals surface area contributed by atoms with E-state index in [2.05, 4.69) is 15.6 Å². The molecular weight excluding hydrogens is 443 g/mol. The van der Waals surface area contributed by atoms with Crippen molar-refractivity contribution in [1.82, 2.24) is 15.6 Å². The Labute approximate surface area is 197 Å². The molecule has 8 heteroatoms. The van der Waals surface area contributed by atoms with Crippen molar-refractivity contribution in [3.05, 3.63) is 94.8 Å². The van der Waals surface area contributed by atoms with Crippen LogP contribution in [0.1, 0.15) is 46.5 Å². The fourth-order valence-electron chi connectivity index (χ4n) is 3.76. The molecule has 1 aromatic heterocycles. The SMILES string of the molecule is CNC(=O)[C@H](N[C@@H](CCc1ccc(C(F)(F)F)nc1)c1ccc(C)c(OC)c1)c1ccccc1. The standard InChI is InChI=1S/C26H28F3N3O2/c1-17-9-12-20(15-22(17)34-3)21(13-10-18-11-14-23(31-16-18)26(27,28)29)32-24(25(33)30-2)19-7-5-4-6-8-19/h4-9,11-12,14-16,21,24,32H,10,13H2,1-3H3,(H,30,33)/t21-,24+/m0/s1. The van der Waals surface area contributed by atoms with Crippen molar-refractivity contribution in [1.29, 1.82) is 0 Å². The van der Waals surface area contributed by atoms with Crippen LogP contribution in [0, 0.1) is 6.92 Å². The maximum Gasteiger partial charge on any atom is 0.433 e. The van der Waals surface area contributed by atoms with Crippen LogP contribution < -0.4 is 15.4 Å². The Morgan fingerprint density at radius 1 is 1.06 bits per heavy atom. The molecule has 0 aliphatic carbocycles. The molecule has 180 valence electrons. The van der Waals surface area contributed by atoms with Gasteiger partial charge in [0.2, 0.25) is 5.91 Å². The Morgan fingerprint density at radius 3 is 2.38 bits per heavy atom. The van der Waals surface area contributed by atoms with E-state index < -0.39 is 17.9 Å². The quantitative estimate of drug-likeness (QED) is 0.452. The zero-order chi connectivity index (χ0) is 24.7. The number of pyridine rings is 1. The highest BCUT2D eigenvalue weighted by molar-refractivity contribution is 5.83. The summed E-state index contributed by atoms with van der Waals surface area (Å²) in [5, 5.41) is 6.15. The van der Waals surface area contributed by atoms with Crippen LogP contribution in [0.5, 0.6) is 5.75 Å². The summed E-state index contributed by atoms with van der Waals surface area (Å²) < 4.78 is 44.0. The number of halogens is 3. The van der Waals surface area contributed by atoms with E-state index in [9.17, 15) is 18.0 Å². The summed E-state index contributed by atoms with van der Waals surface area (Å²) in [4.78, 5) is 16.3. The van der Waals surface area contributed by atoms with Crippen molar-refractivity contribution in [3.63, 3.8) is 0 Å². The molecule has 34 heavy (non-hydrogen) atoms. The number of amides is 1. The van der Waals surface area contributed by atoms with Crippen molar-refractivity contribution in [2.75, 3.05) is 14.2 Å². The van der Waals surface area contributed by atoms with Gasteiger partial charge in [0.15, 0.2) is 0 Å². The Morgan fingerprint density at radius 2 is 1.79 bits per heavy atom. The van der Waals surface area contributed by atoms with Gasteiger partial charge in [-0.25, -0.2) is 0 Å². The molecule has 0 aliphatic rings. The Balaban J connectivity index is 1.89. The number of ether oxygens (including phenoxy) is 1. The summed E-state index contributed by atoms with van der Waals surface area (Å²) in [6, 6.07) is 16.7. The summed E-state index contributed by atoms with van der Waals surface area (Å²) in [6.07, 6.45) is -2.23. The van der Waals surface area contributed by atoms with Crippen LogP contribution in [-0.2, 0) is 17.4 Å². The van der Waals surface area contributed by atoms with Crippen LogP contribution in [0.15, 0.2) is 66.9 Å². The maximum atomic E-state index is 12.9. The van der Waals surface area contributed by atoms with Gasteiger partial charge in [0, 0.05) is 19.3 Å². The van der Waals surface area contributed by atoms with Crippen molar-refractivity contribution in [2.24, 2.45) is 0 Å². The molecule has 3 aromatic rings. The highest BCUT2D eigenvalue weighted by atomic mass is 19.4. The molecule has 0 unspecified atom stereocenters. The second-order valence-corrected chi connectivity index (χ2v) is 7.99. The fraction of sp³-hybridized carbons (Fsp3) is 0.308. The van der Waals surface area contributed by atoms with Crippen molar-refractivity contribution in [2.45, 2.75) is 38.0 Å². The third-order valence-corrected chi connectivity index (χ3v) is 5.68. The number of alkyl halides is 3. The molecule has 0 aliphatic heterocycles. The normalized spacial score (nSPS) is 13.2. The van der Waals surface area contributed by atoms with E-state index in [1.807, 2.05) is 55.5 Å². The molecule has 0 saturated heterocycles. The van der Waals surface area contributed by atoms with E-state index in [0.29, 0.717) is 18.4 Å². The van der Waals surface area contributed by atoms with Gasteiger partial charge in [-0.2, -0.15) is 13.2 Å². The molecule has 5 nitrogen and oxygen atoms in total. The molecule has 3 rings (SSSR count). The second kappa shape index (κ2) is 11.2. The molecule has 0 radical (unpaired) electrons. The molecular formula is C26H28F3N3O2. The predicted molar refractivity (Wildman–Crippen MR) is 124 cm³/mol. The highest BCUT2D eigenvalue weighted by Crippen LogP contribution is 2.30. The zero-order valence-corrected chi connectivity index (χ0v) is 19.3. The highest BCUT2D eigenvalue weighted by Gasteiger charge is 2.32. The number of methoxy groups -OCH3 is 1. The summed E-state index contributed by atoms with van der Waals surface area (Å²) in [5.41, 5.74) is 2.45. The van der Waals surface area contributed by atoms with Crippen LogP contribution in [0.3, 0.4) is 0 Å². The minimum Gasteiger partial charge on any atom is -0.496 e. The zero-order valence-electron chi connectivity index (χ0n) is 19.3. The molecule has 2 N–H and O–H groups in total. The van der Waals surface area contributed by atoms with Gasteiger partial charge in [-0.05, 0) is 54.2 Å². The number of likely N-dealkylation sites (N-methyl/N-ethyl adjacent to an activating group) is 1. The molecule has 1 amide bonds. The lowest BCUT2D eigenvalue weighted by Crippen LogP contribution is -2.38. The monoisotopic (exact) mass is 471 g/mol. The summed E-state index contributed by atoms with van der Waals surface area (Å²) in [6.45, 7) is 1.94. The number of hydrogen-bond donors (Lipinski definition) is 2. The van der Waals surface area contributed by atoms with Gasteiger partial charge >= 0.3 is 6.18 Å². The number of nitrogens with zero attached hydrogens (tertiary/aromatic N) is 1. The lowest BCUT2D eigenvalue weighted by Gasteiger charge is -2.26. The first-order valence-corrected chi connectivity index (χ1v) is 10.9. The van der Waals surface area contributed by atoms with Crippen LogP contribution in [-0.4, -0.2) is 25.0 Å². The maximum absolute atomic E-state index is 12.9. The van der Waals surface area contributed by atoms with Gasteiger partial charge in [-0.3, -0.25) is 15.1 Å². The third kappa shape index (κ3) is 6.35. The third-order valence-electron chi connectivity index (χ3n) is 5.68. The number of nitrogens with one attached hydrogen (secondary N) is 2. The van der Waals surface area contributed by atoms with Gasteiger partial charge in [-0.1, -0.05) is 48.5 Å². The molecule has 1 heterocycles. The molecule has 2 atom stereocenters. The minimum absolute atomic E-state index is 0.188. The van der Waals surface area contributed by atoms with Crippen molar-refractivity contribution < 1.29 is 22.7 Å². The number of hydrogen-bond acceptors (Lipinski definition) is 4. The Hall–Kier alpha value is -3.39. The predicted octanol–water partition coefficient (Wildman–Crippen LogP) is 5.17. The topological polar surface area (TPSA) is 63.2 Å². The average Bonchev–Trinajstić information content (AvgIpc) is 2.84. The van der Waals surface area contributed by atoms with Crippen LogP contribution in [0.4, 0.5) is 13.2 Å². The first-order valence-electron chi connectivity index (χ1n) is 10.9. The number of rotatable bonds is 9. The Kier molecular flexibility index (Phi) is 8.28. The smallest absolute Gasteiger partial charge is 0.433 e. The van der Waals surface area contributed by atoms with Crippen LogP contribution >= 0.6 is 0 Å². The summed E-state index contributed by atoms with van der Waals surface area (Å²) >= 11 is 0. The number of aryl methyl sites for hydroxylation is 2. The number of carbonyl (C=O) groups is 1. The van der Waals surface area contributed by atoms with Gasteiger partial charge in [0.05, 0.1) is 7.11 Å². The Bertz CT molecular complexity index is 1090. The largest absolute Gasteiger partial charge is 0.496 e. The van der Waals surface area contributed by atoms with Gasteiger partial charge in [-0.15, -0.1) is 0 Å². The molecule has 2 aromatic carbocycles. The number of benzene rings is 2. The second-order valence-electron chi connectivity index (χ2n) is 7.99. The van der Waals surface area contributed by atoms with E-state index >= 15 is 0 Å². The van der Waals surface area contributed by atoms with Crippen molar-refractivity contribution >= 4 is 5.91 Å². The van der Waals surface area contributed by atoms with E-state index in [4.69, 9.17) is 4.74 Å². The van der Waals surface area contributed by atoms with Gasteiger partial charge < -0.3 is 10.1 Å². The molecule has 0 fully saturated rings. The molecule has 0 spiro atoms. The van der Waals surface area contributed by atoms with Crippen molar-refractivity contribution in [3.8, 4) is 5.75 Å². The fourth-order valence-corrected chi connectivity index (χ4v) is 3.76. The first kappa shape index (κ1) is 25.2. The lowest BCUT2D eigenvalue weighted by atomic mass is 9.95. The summed E-state index contributed by atoms with van der Waals surface area (Å²) in [7, 11) is 3.18. The molecule has 0 saturated carbocycles. The van der Waals surface area contributed by atoms with E-state index in [1.54, 1.807) is 14.2 Å². The van der Waals surface area contributed by atoms with E-state index in [1.165, 1.54) is 12.3 Å². The van der Waals surface area contributed by atoms with Gasteiger partial charge in [0.1, 0.15) is 17.5 Å². The van der Waals surface area contributed by atoms with Crippen LogP contribution in [0.2, 0.25) is 0 Å². The van der Waals surface area contributed by atoms with Gasteiger partial charge in [0.25, 0.3) is 0 Å². The minimum atomic E-state index is -4.47. The first-order chi connectivity index (χ1) is 16.2. The van der Waals surface area contributed by atoms with E-state index in [0.717, 1.165) is 28.5 Å². The number of carbonyl (C=O) groups excluding carboxylic acids is 1. The summed E-state index contributed by atoms with van der Waals surface area (Å²) in [5.74, 6) is 0.531.